The van der Waals surface area contributed by atoms with Crippen LogP contribution in [-0.4, -0.2) is 29.4 Å². The minimum Gasteiger partial charge on any atom is -0.360 e. The maximum atomic E-state index is 13.7. The third-order valence-corrected chi connectivity index (χ3v) is 5.89. The number of allylic oxidation sites excluding steroid dienone is 1. The molecule has 1 saturated heterocycles. The minimum atomic E-state index is -0.910. The summed E-state index contributed by atoms with van der Waals surface area (Å²) in [6, 6.07) is 10.2. The van der Waals surface area contributed by atoms with E-state index in [0.29, 0.717) is 5.56 Å². The van der Waals surface area contributed by atoms with Crippen molar-refractivity contribution in [3.63, 3.8) is 0 Å². The maximum absolute atomic E-state index is 13.7. The van der Waals surface area contributed by atoms with Gasteiger partial charge in [-0.05, 0) is 82.2 Å². The number of nitrogens with one attached hydrogen (secondary N) is 1. The number of fused-ring (bicyclic) bond motifs is 1. The van der Waals surface area contributed by atoms with Gasteiger partial charge in [0.2, 0.25) is 0 Å². The van der Waals surface area contributed by atoms with E-state index in [2.05, 4.69) is 44.0 Å². The number of imide groups is 2. The molecule has 2 aliphatic heterocycles. The second-order valence-corrected chi connectivity index (χ2v) is 9.16. The molecule has 0 atom stereocenters. The molecule has 4 amide bonds. The molecule has 2 aliphatic rings. The third kappa shape index (κ3) is 3.95. The fourth-order valence-electron chi connectivity index (χ4n) is 4.77. The van der Waals surface area contributed by atoms with E-state index in [4.69, 9.17) is 0 Å². The Morgan fingerprint density at radius 3 is 2.45 bits per heavy atom. The number of hydrogen-bond acceptors (Lipinski definition) is 4. The molecule has 2 aromatic carbocycles. The molecule has 0 aromatic heterocycles. The first-order valence-electron chi connectivity index (χ1n) is 10.8. The highest BCUT2D eigenvalue weighted by molar-refractivity contribution is 6.39. The Morgan fingerprint density at radius 2 is 1.79 bits per heavy atom. The van der Waals surface area contributed by atoms with Gasteiger partial charge >= 0.3 is 6.03 Å². The first-order valence-corrected chi connectivity index (χ1v) is 10.8. The van der Waals surface area contributed by atoms with Gasteiger partial charge < -0.3 is 4.90 Å². The number of halogens is 1. The van der Waals surface area contributed by atoms with Crippen molar-refractivity contribution in [3.8, 4) is 0 Å². The lowest BCUT2D eigenvalue weighted by molar-refractivity contribution is -0.122. The molecular formula is C26H26FN3O3. The molecule has 6 nitrogen and oxygen atoms in total. The lowest BCUT2D eigenvalue weighted by Gasteiger charge is -2.46. The lowest BCUT2D eigenvalue weighted by Crippen LogP contribution is -2.54. The zero-order valence-electron chi connectivity index (χ0n) is 19.3. The quantitative estimate of drug-likeness (QED) is 0.537. The molecule has 0 aliphatic carbocycles. The van der Waals surface area contributed by atoms with Gasteiger partial charge in [-0.2, -0.15) is 0 Å². The smallest absolute Gasteiger partial charge is 0.335 e. The molecule has 0 spiro atoms. The number of amides is 4. The molecule has 0 unspecified atom stereocenters. The second kappa shape index (κ2) is 7.99. The molecule has 2 aromatic rings. The van der Waals surface area contributed by atoms with Crippen LogP contribution in [0.25, 0.3) is 11.6 Å². The molecule has 0 radical (unpaired) electrons. The number of rotatable bonds is 3. The van der Waals surface area contributed by atoms with Gasteiger partial charge in [0.15, 0.2) is 0 Å². The summed E-state index contributed by atoms with van der Waals surface area (Å²) < 4.78 is 13.7. The van der Waals surface area contributed by atoms with Gasteiger partial charge in [0.1, 0.15) is 11.4 Å². The van der Waals surface area contributed by atoms with Crippen molar-refractivity contribution in [1.82, 2.24) is 5.32 Å². The molecule has 4 rings (SSSR count). The summed E-state index contributed by atoms with van der Waals surface area (Å²) >= 11 is 0. The van der Waals surface area contributed by atoms with Crippen LogP contribution in [0.4, 0.5) is 20.6 Å². The summed E-state index contributed by atoms with van der Waals surface area (Å²) in [7, 11) is 0. The molecule has 1 N–H and O–H groups in total. The van der Waals surface area contributed by atoms with E-state index < -0.39 is 23.7 Å². The number of carbonyl (C=O) groups excluding carboxylic acids is 3. The summed E-state index contributed by atoms with van der Waals surface area (Å²) in [5.74, 6) is -2.18. The van der Waals surface area contributed by atoms with Crippen LogP contribution in [-0.2, 0) is 9.59 Å². The molecule has 170 valence electrons. The van der Waals surface area contributed by atoms with E-state index >= 15 is 0 Å². The summed E-state index contributed by atoms with van der Waals surface area (Å²) in [5.41, 5.74) is 3.54. The minimum absolute atomic E-state index is 0.0509. The number of carbonyl (C=O) groups is 3. The Bertz CT molecular complexity index is 1240. The van der Waals surface area contributed by atoms with Crippen molar-refractivity contribution in [3.05, 3.63) is 71.1 Å². The Labute approximate surface area is 192 Å². The number of benzene rings is 2. The van der Waals surface area contributed by atoms with E-state index in [0.717, 1.165) is 27.8 Å². The van der Waals surface area contributed by atoms with Crippen molar-refractivity contribution in [2.45, 2.75) is 46.2 Å². The first kappa shape index (κ1) is 22.5. The van der Waals surface area contributed by atoms with Crippen LogP contribution in [0, 0.1) is 5.82 Å². The molecular weight excluding hydrogens is 421 g/mol. The van der Waals surface area contributed by atoms with Crippen molar-refractivity contribution < 1.29 is 18.8 Å². The van der Waals surface area contributed by atoms with Crippen molar-refractivity contribution >= 4 is 40.9 Å². The summed E-state index contributed by atoms with van der Waals surface area (Å²) in [6.45, 7) is 10.6. The monoisotopic (exact) mass is 447 g/mol. The van der Waals surface area contributed by atoms with Crippen molar-refractivity contribution in [2.75, 3.05) is 9.80 Å². The number of nitrogens with zero attached hydrogens (tertiary/aromatic N) is 2. The van der Waals surface area contributed by atoms with Crippen LogP contribution < -0.4 is 15.1 Å². The Hall–Kier alpha value is -3.74. The van der Waals surface area contributed by atoms with Crippen LogP contribution in [0.15, 0.2) is 54.1 Å². The average molecular weight is 448 g/mol. The predicted molar refractivity (Wildman–Crippen MR) is 127 cm³/mol. The van der Waals surface area contributed by atoms with E-state index in [1.54, 1.807) is 0 Å². The number of hydrogen-bond donors (Lipinski definition) is 1. The molecule has 0 saturated carbocycles. The molecule has 0 bridgehead atoms. The predicted octanol–water partition coefficient (Wildman–Crippen LogP) is 4.90. The number of barbiturate groups is 1. The van der Waals surface area contributed by atoms with Crippen LogP contribution in [0.3, 0.4) is 0 Å². The SMILES string of the molecule is CC1=CC(C)(C)N(C(C)C)c2ccc(/C=C3\C(=O)NC(=O)N(c4cccc(F)c4)C3=O)cc21. The van der Waals surface area contributed by atoms with Gasteiger partial charge in [-0.3, -0.25) is 14.9 Å². The Balaban J connectivity index is 1.76. The van der Waals surface area contributed by atoms with Gasteiger partial charge in [-0.15, -0.1) is 0 Å². The molecule has 33 heavy (non-hydrogen) atoms. The average Bonchev–Trinajstić information content (AvgIpc) is 2.70. The summed E-state index contributed by atoms with van der Waals surface area (Å²) in [6.07, 6.45) is 3.67. The van der Waals surface area contributed by atoms with Gasteiger partial charge in [0, 0.05) is 17.3 Å². The Morgan fingerprint density at radius 1 is 1.06 bits per heavy atom. The van der Waals surface area contributed by atoms with Gasteiger partial charge in [-0.1, -0.05) is 18.2 Å². The van der Waals surface area contributed by atoms with Crippen molar-refractivity contribution in [1.29, 1.82) is 0 Å². The second-order valence-electron chi connectivity index (χ2n) is 9.16. The van der Waals surface area contributed by atoms with Gasteiger partial charge in [0.25, 0.3) is 11.8 Å². The molecule has 2 heterocycles. The molecule has 7 heteroatoms. The maximum Gasteiger partial charge on any atom is 0.335 e. The summed E-state index contributed by atoms with van der Waals surface area (Å²) in [5, 5.41) is 2.17. The van der Waals surface area contributed by atoms with Crippen LogP contribution >= 0.6 is 0 Å². The van der Waals surface area contributed by atoms with Crippen LogP contribution in [0.2, 0.25) is 0 Å². The highest BCUT2D eigenvalue weighted by Gasteiger charge is 2.37. The summed E-state index contributed by atoms with van der Waals surface area (Å²) in [4.78, 5) is 41.0. The Kier molecular flexibility index (Phi) is 5.44. The fraction of sp³-hybridized carbons (Fsp3) is 0.269. The van der Waals surface area contributed by atoms with Crippen molar-refractivity contribution in [2.24, 2.45) is 0 Å². The number of urea groups is 1. The first-order chi connectivity index (χ1) is 15.5. The highest BCUT2D eigenvalue weighted by atomic mass is 19.1. The fourth-order valence-corrected chi connectivity index (χ4v) is 4.77. The zero-order chi connectivity index (χ0) is 24.1. The van der Waals surface area contributed by atoms with Crippen LogP contribution in [0.1, 0.15) is 45.7 Å². The third-order valence-electron chi connectivity index (χ3n) is 5.89. The standard InChI is InChI=1S/C26H26FN3O3/c1-15(2)30-22-10-9-17(11-20(22)16(3)14-26(30,4)5)12-21-23(31)28-25(33)29(24(21)32)19-8-6-7-18(27)13-19/h6-15H,1-5H3,(H,28,31,33)/b21-12+. The van der Waals surface area contributed by atoms with E-state index in [-0.39, 0.29) is 22.8 Å². The van der Waals surface area contributed by atoms with Crippen LogP contribution in [0.5, 0.6) is 0 Å². The van der Waals surface area contributed by atoms with E-state index in [9.17, 15) is 18.8 Å². The zero-order valence-corrected chi connectivity index (χ0v) is 19.3. The highest BCUT2D eigenvalue weighted by Crippen LogP contribution is 2.40. The van der Waals surface area contributed by atoms with E-state index in [1.165, 1.54) is 24.3 Å². The number of anilines is 2. The topological polar surface area (TPSA) is 69.7 Å². The lowest BCUT2D eigenvalue weighted by atomic mass is 9.86. The largest absolute Gasteiger partial charge is 0.360 e. The van der Waals surface area contributed by atoms with Gasteiger partial charge in [-0.25, -0.2) is 14.1 Å². The normalized spacial score (nSPS) is 19.1. The van der Waals surface area contributed by atoms with Gasteiger partial charge in [0.05, 0.1) is 11.2 Å². The molecule has 1 fully saturated rings. The van der Waals surface area contributed by atoms with E-state index in [1.807, 2.05) is 25.1 Å².